The first kappa shape index (κ1) is 27.2. The number of hydrogen-bond acceptors (Lipinski definition) is 3. The summed E-state index contributed by atoms with van der Waals surface area (Å²) in [7, 11) is -5.06. The maximum atomic E-state index is 15.6. The number of hydrogen-bond donors (Lipinski definition) is 2. The van der Waals surface area contributed by atoms with E-state index in [0.717, 1.165) is 12.1 Å². The van der Waals surface area contributed by atoms with Crippen LogP contribution in [0.4, 0.5) is 31.1 Å². The van der Waals surface area contributed by atoms with Crippen LogP contribution in [0.5, 0.6) is 0 Å². The highest BCUT2D eigenvalue weighted by molar-refractivity contribution is 7.89. The van der Waals surface area contributed by atoms with Crippen molar-refractivity contribution in [3.63, 3.8) is 0 Å². The molecule has 1 aliphatic heterocycles. The molecule has 37 heavy (non-hydrogen) atoms. The Balaban J connectivity index is 1.73. The lowest BCUT2D eigenvalue weighted by Gasteiger charge is -2.30. The molecule has 3 atom stereocenters. The Kier molecular flexibility index (Phi) is 7.48. The second-order valence-electron chi connectivity index (χ2n) is 9.60. The van der Waals surface area contributed by atoms with Gasteiger partial charge in [-0.2, -0.15) is 8.78 Å². The summed E-state index contributed by atoms with van der Waals surface area (Å²) in [4.78, 5) is 14.2. The minimum Gasteiger partial charge on any atom is -0.333 e. The molecule has 1 aliphatic carbocycles. The predicted octanol–water partition coefficient (Wildman–Crippen LogP) is 4.36. The molecule has 13 heteroatoms. The zero-order valence-electron chi connectivity index (χ0n) is 19.7. The van der Waals surface area contributed by atoms with Gasteiger partial charge in [0.25, 0.3) is 10.0 Å². The highest BCUT2D eigenvalue weighted by Crippen LogP contribution is 2.55. The van der Waals surface area contributed by atoms with Gasteiger partial charge in [0.05, 0.1) is 18.1 Å². The van der Waals surface area contributed by atoms with Gasteiger partial charge < -0.3 is 10.2 Å². The van der Waals surface area contributed by atoms with Crippen molar-refractivity contribution in [1.82, 2.24) is 14.9 Å². The molecule has 2 fully saturated rings. The number of amides is 2. The van der Waals surface area contributed by atoms with Gasteiger partial charge in [0.15, 0.2) is 0 Å². The molecule has 0 unspecified atom stereocenters. The Bertz CT molecular complexity index is 1270. The number of halogens is 6. The zero-order chi connectivity index (χ0) is 27.1. The number of carbonyl (C=O) groups is 1. The smallest absolute Gasteiger partial charge is 0.333 e. The summed E-state index contributed by atoms with van der Waals surface area (Å²) in [5.41, 5.74) is -1.07. The summed E-state index contributed by atoms with van der Waals surface area (Å²) in [6.07, 6.45) is 0.577. The Morgan fingerprint density at radius 2 is 1.78 bits per heavy atom. The normalized spacial score (nSPS) is 21.5. The number of carbonyl (C=O) groups excluding carboxylic acids is 1. The summed E-state index contributed by atoms with van der Waals surface area (Å²) < 4.78 is 109. The van der Waals surface area contributed by atoms with E-state index in [1.807, 2.05) is 4.72 Å². The van der Waals surface area contributed by atoms with Crippen LogP contribution in [0, 0.1) is 22.9 Å². The van der Waals surface area contributed by atoms with Crippen LogP contribution in [-0.2, 0) is 16.4 Å². The molecule has 0 bridgehead atoms. The van der Waals surface area contributed by atoms with Crippen LogP contribution in [0.15, 0.2) is 36.4 Å². The molecule has 1 saturated heterocycles. The Morgan fingerprint density at radius 1 is 1.14 bits per heavy atom. The number of benzene rings is 2. The fourth-order valence-corrected chi connectivity index (χ4v) is 5.75. The van der Waals surface area contributed by atoms with E-state index in [1.165, 1.54) is 30.0 Å². The number of rotatable bonds is 8. The van der Waals surface area contributed by atoms with Gasteiger partial charge in [-0.15, -0.1) is 0 Å². The van der Waals surface area contributed by atoms with E-state index in [0.29, 0.717) is 18.9 Å². The Hall–Kier alpha value is -2.80. The third-order valence-corrected chi connectivity index (χ3v) is 7.94. The minimum absolute atomic E-state index is 0.00462. The quantitative estimate of drug-likeness (QED) is 0.481. The molecule has 202 valence electrons. The first-order chi connectivity index (χ1) is 17.4. The van der Waals surface area contributed by atoms with Crippen molar-refractivity contribution < 1.29 is 39.6 Å². The van der Waals surface area contributed by atoms with Crippen LogP contribution in [0.3, 0.4) is 0 Å². The van der Waals surface area contributed by atoms with Crippen LogP contribution in [0.1, 0.15) is 25.3 Å². The molecule has 2 aromatic rings. The van der Waals surface area contributed by atoms with Crippen LogP contribution < -0.4 is 10.0 Å². The maximum Gasteiger partial charge on any atom is 0.350 e. The van der Waals surface area contributed by atoms with Gasteiger partial charge in [-0.1, -0.05) is 18.2 Å². The predicted molar refractivity (Wildman–Crippen MR) is 123 cm³/mol. The van der Waals surface area contributed by atoms with Gasteiger partial charge in [0.1, 0.15) is 24.1 Å². The first-order valence-corrected chi connectivity index (χ1v) is 13.1. The number of nitrogens with one attached hydrogen (secondary N) is 2. The van der Waals surface area contributed by atoms with E-state index >= 15 is 4.39 Å². The third-order valence-electron chi connectivity index (χ3n) is 6.89. The SMILES string of the molecule is C[C@H](CF)NC(=O)N1CC2(CC2)[C@H](NS(=O)(=O)C(F)F)[C@@H]1Cc1cccc(-c2cc(F)cc(F)c2)c1F. The van der Waals surface area contributed by atoms with Gasteiger partial charge in [-0.25, -0.2) is 35.5 Å². The van der Waals surface area contributed by atoms with E-state index < -0.39 is 69.5 Å². The Labute approximate surface area is 210 Å². The minimum atomic E-state index is -5.06. The molecule has 0 aromatic heterocycles. The monoisotopic (exact) mass is 549 g/mol. The third kappa shape index (κ3) is 5.57. The average molecular weight is 550 g/mol. The molecule has 2 aliphatic rings. The van der Waals surface area contributed by atoms with E-state index in [1.54, 1.807) is 0 Å². The second-order valence-corrected chi connectivity index (χ2v) is 11.3. The number of sulfonamides is 1. The molecule has 2 aromatic carbocycles. The van der Waals surface area contributed by atoms with Gasteiger partial charge in [0, 0.05) is 23.6 Å². The lowest BCUT2D eigenvalue weighted by atomic mass is 9.91. The van der Waals surface area contributed by atoms with Crippen LogP contribution in [0.25, 0.3) is 11.1 Å². The molecule has 1 spiro atoms. The second kappa shape index (κ2) is 10.2. The van der Waals surface area contributed by atoms with Gasteiger partial charge in [-0.05, 0) is 49.4 Å². The summed E-state index contributed by atoms with van der Waals surface area (Å²) in [5, 5.41) is 2.43. The molecular formula is C24H25F6N3O3S. The number of likely N-dealkylation sites (tertiary alicyclic amines) is 1. The molecule has 1 saturated carbocycles. The molecule has 4 rings (SSSR count). The summed E-state index contributed by atoms with van der Waals surface area (Å²) in [5.74, 6) is -6.42. The van der Waals surface area contributed by atoms with Crippen molar-refractivity contribution in [2.75, 3.05) is 13.2 Å². The molecular weight excluding hydrogens is 524 g/mol. The highest BCUT2D eigenvalue weighted by atomic mass is 32.2. The molecule has 2 amide bonds. The molecule has 0 radical (unpaired) electrons. The fraction of sp³-hybridized carbons (Fsp3) is 0.458. The molecule has 2 N–H and O–H groups in total. The highest BCUT2D eigenvalue weighted by Gasteiger charge is 2.62. The van der Waals surface area contributed by atoms with E-state index in [4.69, 9.17) is 0 Å². The van der Waals surface area contributed by atoms with Crippen molar-refractivity contribution in [2.45, 2.75) is 50.1 Å². The maximum absolute atomic E-state index is 15.6. The summed E-state index contributed by atoms with van der Waals surface area (Å²) in [6, 6.07) is 2.71. The van der Waals surface area contributed by atoms with Gasteiger partial charge >= 0.3 is 11.8 Å². The first-order valence-electron chi connectivity index (χ1n) is 11.5. The number of urea groups is 1. The van der Waals surface area contributed by atoms with E-state index in [2.05, 4.69) is 5.32 Å². The van der Waals surface area contributed by atoms with Crippen molar-refractivity contribution in [2.24, 2.45) is 5.41 Å². The van der Waals surface area contributed by atoms with Crippen LogP contribution in [0.2, 0.25) is 0 Å². The molecule has 1 heterocycles. The largest absolute Gasteiger partial charge is 0.350 e. The average Bonchev–Trinajstić information content (AvgIpc) is 3.54. The van der Waals surface area contributed by atoms with E-state index in [-0.39, 0.29) is 29.7 Å². The number of alkyl halides is 3. The molecule has 6 nitrogen and oxygen atoms in total. The zero-order valence-corrected chi connectivity index (χ0v) is 20.5. The van der Waals surface area contributed by atoms with Crippen LogP contribution >= 0.6 is 0 Å². The topological polar surface area (TPSA) is 78.5 Å². The lowest BCUT2D eigenvalue weighted by Crippen LogP contribution is -2.53. The van der Waals surface area contributed by atoms with Crippen molar-refractivity contribution in [3.8, 4) is 11.1 Å². The summed E-state index contributed by atoms with van der Waals surface area (Å²) in [6.45, 7) is 0.529. The van der Waals surface area contributed by atoms with Gasteiger partial charge in [-0.3, -0.25) is 0 Å². The standard InChI is InChI=1S/C24H25F6N3O3S/c1-13(11-25)31-23(34)33-12-24(5-6-24)21(32-37(35,36)22(29)30)19(33)9-14-3-2-4-18(20(14)28)15-7-16(26)10-17(27)8-15/h2-4,7-8,10,13,19,21-22,32H,5-6,9,11-12H2,1H3,(H,31,34)/t13-,19+,21-/m1/s1. The lowest BCUT2D eigenvalue weighted by molar-refractivity contribution is 0.182. The van der Waals surface area contributed by atoms with Crippen LogP contribution in [-0.4, -0.2) is 56.5 Å². The number of nitrogens with zero attached hydrogens (tertiary/aromatic N) is 1. The van der Waals surface area contributed by atoms with Gasteiger partial charge in [0.2, 0.25) is 0 Å². The van der Waals surface area contributed by atoms with Crippen molar-refractivity contribution >= 4 is 16.1 Å². The fourth-order valence-electron chi connectivity index (χ4n) is 4.88. The van der Waals surface area contributed by atoms with Crippen molar-refractivity contribution in [3.05, 3.63) is 59.4 Å². The van der Waals surface area contributed by atoms with Crippen molar-refractivity contribution in [1.29, 1.82) is 0 Å². The Morgan fingerprint density at radius 3 is 2.35 bits per heavy atom. The van der Waals surface area contributed by atoms with E-state index in [9.17, 15) is 35.2 Å². The summed E-state index contributed by atoms with van der Waals surface area (Å²) >= 11 is 0.